The number of aliphatic hydroxyl groups excluding tert-OH is 1. The molecule has 0 unspecified atom stereocenters. The van der Waals surface area contributed by atoms with E-state index in [4.69, 9.17) is 27.9 Å². The standard InChI is InChI=1S/C23H26Cl2N2O3/c24-18-7-6-17(12-19(18)25)30-15-21(29)27-23-10-8-22(9-11-23,13-20(23)28)26-14-16-4-2-1-3-5-16/h1-7,12,20,26,28H,8-11,13-15H2,(H,27,29)/t20-,22?,23?/m1/s1. The number of benzene rings is 2. The van der Waals surface area contributed by atoms with Crippen LogP contribution >= 0.6 is 23.2 Å². The highest BCUT2D eigenvalue weighted by Gasteiger charge is 2.54. The molecular formula is C23H26Cl2N2O3. The largest absolute Gasteiger partial charge is 0.484 e. The summed E-state index contributed by atoms with van der Waals surface area (Å²) in [7, 11) is 0. The molecule has 3 saturated carbocycles. The molecule has 0 saturated heterocycles. The lowest BCUT2D eigenvalue weighted by molar-refractivity contribution is -0.132. The van der Waals surface area contributed by atoms with Crippen LogP contribution in [0.1, 0.15) is 37.7 Å². The van der Waals surface area contributed by atoms with E-state index in [1.54, 1.807) is 18.2 Å². The molecule has 0 radical (unpaired) electrons. The molecule has 2 bridgehead atoms. The molecule has 5 nitrogen and oxygen atoms in total. The number of aliphatic hydroxyl groups is 1. The van der Waals surface area contributed by atoms with Gasteiger partial charge in [0.25, 0.3) is 5.91 Å². The second kappa shape index (κ2) is 8.75. The van der Waals surface area contributed by atoms with Crippen LogP contribution < -0.4 is 15.4 Å². The predicted molar refractivity (Wildman–Crippen MR) is 118 cm³/mol. The van der Waals surface area contributed by atoms with E-state index in [2.05, 4.69) is 22.8 Å². The Morgan fingerprint density at radius 2 is 1.80 bits per heavy atom. The zero-order valence-electron chi connectivity index (χ0n) is 16.7. The second-order valence-corrected chi connectivity index (χ2v) is 9.22. The maximum atomic E-state index is 12.5. The summed E-state index contributed by atoms with van der Waals surface area (Å²) in [5.41, 5.74) is 0.587. The van der Waals surface area contributed by atoms with Gasteiger partial charge in [0.05, 0.1) is 21.7 Å². The number of nitrogens with one attached hydrogen (secondary N) is 2. The van der Waals surface area contributed by atoms with Crippen LogP contribution in [-0.2, 0) is 11.3 Å². The minimum atomic E-state index is -0.586. The van der Waals surface area contributed by atoms with Gasteiger partial charge >= 0.3 is 0 Å². The van der Waals surface area contributed by atoms with Crippen LogP contribution in [0.25, 0.3) is 0 Å². The molecule has 160 valence electrons. The topological polar surface area (TPSA) is 70.6 Å². The molecule has 3 aliphatic rings. The number of hydrogen-bond donors (Lipinski definition) is 3. The number of halogens is 2. The summed E-state index contributed by atoms with van der Waals surface area (Å²) in [5.74, 6) is 0.237. The summed E-state index contributed by atoms with van der Waals surface area (Å²) in [4.78, 5) is 12.5. The van der Waals surface area contributed by atoms with Gasteiger partial charge in [0.15, 0.2) is 6.61 Å². The molecule has 5 rings (SSSR count). The fourth-order valence-electron chi connectivity index (χ4n) is 4.65. The summed E-state index contributed by atoms with van der Waals surface area (Å²) in [6.07, 6.45) is 3.38. The normalized spacial score (nSPS) is 27.6. The van der Waals surface area contributed by atoms with Crippen molar-refractivity contribution in [3.05, 3.63) is 64.1 Å². The third kappa shape index (κ3) is 4.59. The van der Waals surface area contributed by atoms with Crippen molar-refractivity contribution in [2.75, 3.05) is 6.61 Å². The van der Waals surface area contributed by atoms with Crippen molar-refractivity contribution >= 4 is 29.1 Å². The molecule has 2 aromatic carbocycles. The van der Waals surface area contributed by atoms with Crippen molar-refractivity contribution in [2.24, 2.45) is 0 Å². The van der Waals surface area contributed by atoms with E-state index in [0.29, 0.717) is 22.2 Å². The number of amides is 1. The summed E-state index contributed by atoms with van der Waals surface area (Å²) in [6, 6.07) is 15.2. The molecule has 0 aromatic heterocycles. The van der Waals surface area contributed by atoms with Gasteiger partial charge in [0.1, 0.15) is 5.75 Å². The zero-order chi connectivity index (χ0) is 21.2. The molecule has 1 amide bonds. The molecule has 3 N–H and O–H groups in total. The summed E-state index contributed by atoms with van der Waals surface area (Å²) >= 11 is 11.9. The second-order valence-electron chi connectivity index (χ2n) is 8.41. The zero-order valence-corrected chi connectivity index (χ0v) is 18.2. The van der Waals surface area contributed by atoms with Crippen molar-refractivity contribution in [1.82, 2.24) is 10.6 Å². The van der Waals surface area contributed by atoms with Crippen molar-refractivity contribution in [3.63, 3.8) is 0 Å². The lowest BCUT2D eigenvalue weighted by atomic mass is 9.60. The third-order valence-electron chi connectivity index (χ3n) is 6.48. The molecular weight excluding hydrogens is 423 g/mol. The first kappa shape index (κ1) is 21.4. The molecule has 0 heterocycles. The first-order valence-electron chi connectivity index (χ1n) is 10.3. The highest BCUT2D eigenvalue weighted by Crippen LogP contribution is 2.47. The van der Waals surface area contributed by atoms with Gasteiger partial charge < -0.3 is 20.5 Å². The van der Waals surface area contributed by atoms with Crippen molar-refractivity contribution < 1.29 is 14.6 Å². The van der Waals surface area contributed by atoms with E-state index in [1.165, 1.54) is 5.56 Å². The smallest absolute Gasteiger partial charge is 0.258 e. The number of hydrogen-bond acceptors (Lipinski definition) is 4. The van der Waals surface area contributed by atoms with Gasteiger partial charge in [-0.05, 0) is 49.8 Å². The van der Waals surface area contributed by atoms with Crippen LogP contribution in [0.4, 0.5) is 0 Å². The molecule has 1 atom stereocenters. The Morgan fingerprint density at radius 3 is 2.47 bits per heavy atom. The molecule has 0 aliphatic heterocycles. The fourth-order valence-corrected chi connectivity index (χ4v) is 4.94. The Labute approximate surface area is 186 Å². The molecule has 30 heavy (non-hydrogen) atoms. The number of carbonyl (C=O) groups excluding carboxylic acids is 1. The van der Waals surface area contributed by atoms with Crippen LogP contribution in [0.15, 0.2) is 48.5 Å². The van der Waals surface area contributed by atoms with Gasteiger partial charge in [-0.25, -0.2) is 0 Å². The maximum absolute atomic E-state index is 12.5. The van der Waals surface area contributed by atoms with E-state index < -0.39 is 11.6 Å². The molecule has 3 fully saturated rings. The van der Waals surface area contributed by atoms with E-state index >= 15 is 0 Å². The average molecular weight is 449 g/mol. The highest BCUT2D eigenvalue weighted by molar-refractivity contribution is 6.42. The van der Waals surface area contributed by atoms with Crippen molar-refractivity contribution in [1.29, 1.82) is 0 Å². The van der Waals surface area contributed by atoms with Gasteiger partial charge in [0.2, 0.25) is 0 Å². The van der Waals surface area contributed by atoms with Gasteiger partial charge in [-0.2, -0.15) is 0 Å². The average Bonchev–Trinajstić information content (AvgIpc) is 2.75. The summed E-state index contributed by atoms with van der Waals surface area (Å²) < 4.78 is 5.54. The van der Waals surface area contributed by atoms with Gasteiger partial charge in [0, 0.05) is 18.2 Å². The first-order chi connectivity index (χ1) is 14.4. The van der Waals surface area contributed by atoms with Crippen LogP contribution in [0.3, 0.4) is 0 Å². The van der Waals surface area contributed by atoms with Crippen molar-refractivity contribution in [2.45, 2.75) is 55.8 Å². The Morgan fingerprint density at radius 1 is 1.07 bits per heavy atom. The van der Waals surface area contributed by atoms with Gasteiger partial charge in [-0.1, -0.05) is 53.5 Å². The Hall–Kier alpha value is -1.79. The van der Waals surface area contributed by atoms with Crippen molar-refractivity contribution in [3.8, 4) is 5.75 Å². The van der Waals surface area contributed by atoms with E-state index in [0.717, 1.165) is 32.2 Å². The van der Waals surface area contributed by atoms with Gasteiger partial charge in [-0.15, -0.1) is 0 Å². The van der Waals surface area contributed by atoms with Crippen LogP contribution in [0, 0.1) is 0 Å². The highest BCUT2D eigenvalue weighted by atomic mass is 35.5. The molecule has 0 spiro atoms. The minimum absolute atomic E-state index is 0.0711. The number of ether oxygens (including phenoxy) is 1. The first-order valence-corrected chi connectivity index (χ1v) is 11.0. The molecule has 7 heteroatoms. The minimum Gasteiger partial charge on any atom is -0.484 e. The third-order valence-corrected chi connectivity index (χ3v) is 7.22. The lowest BCUT2D eigenvalue weighted by Gasteiger charge is -2.56. The summed E-state index contributed by atoms with van der Waals surface area (Å²) in [6.45, 7) is 0.647. The Balaban J connectivity index is 1.31. The Kier molecular flexibility index (Phi) is 6.26. The molecule has 2 aromatic rings. The number of fused-ring (bicyclic) bond motifs is 3. The predicted octanol–water partition coefficient (Wildman–Crippen LogP) is 4.09. The van der Waals surface area contributed by atoms with Crippen LogP contribution in [0.5, 0.6) is 5.75 Å². The van der Waals surface area contributed by atoms with Gasteiger partial charge in [-0.3, -0.25) is 4.79 Å². The summed E-state index contributed by atoms with van der Waals surface area (Å²) in [5, 5.41) is 18.4. The molecule has 3 aliphatic carbocycles. The Bertz CT molecular complexity index is 899. The van der Waals surface area contributed by atoms with E-state index in [1.807, 2.05) is 18.2 Å². The number of rotatable bonds is 7. The van der Waals surface area contributed by atoms with E-state index in [-0.39, 0.29) is 18.1 Å². The quantitative estimate of drug-likeness (QED) is 0.596. The van der Waals surface area contributed by atoms with E-state index in [9.17, 15) is 9.90 Å². The van der Waals surface area contributed by atoms with Crippen LogP contribution in [0.2, 0.25) is 10.0 Å². The maximum Gasteiger partial charge on any atom is 0.258 e. The fraction of sp³-hybridized carbons (Fsp3) is 0.435. The number of carbonyl (C=O) groups is 1. The monoisotopic (exact) mass is 448 g/mol. The lowest BCUT2D eigenvalue weighted by Crippen LogP contribution is -2.69. The van der Waals surface area contributed by atoms with Crippen LogP contribution in [-0.4, -0.2) is 34.8 Å². The SMILES string of the molecule is O=C(COc1ccc(Cl)c(Cl)c1)NC12CCC(NCc3ccccc3)(CC1)C[C@H]2O.